The minimum absolute atomic E-state index is 0.0276. The number of para-hydroxylation sites is 2. The van der Waals surface area contributed by atoms with Crippen LogP contribution in [0.2, 0.25) is 0 Å². The zero-order valence-electron chi connectivity index (χ0n) is 15.8. The predicted molar refractivity (Wildman–Crippen MR) is 107 cm³/mol. The summed E-state index contributed by atoms with van der Waals surface area (Å²) in [5.74, 6) is -0.0939. The zero-order chi connectivity index (χ0) is 19.2. The Bertz CT molecular complexity index is 799. The van der Waals surface area contributed by atoms with Gasteiger partial charge in [-0.3, -0.25) is 9.59 Å². The van der Waals surface area contributed by atoms with Crippen LogP contribution in [0.3, 0.4) is 0 Å². The first-order valence-electron chi connectivity index (χ1n) is 9.09. The summed E-state index contributed by atoms with van der Waals surface area (Å²) in [4.78, 5) is 27.7. The molecule has 0 unspecified atom stereocenters. The Hall–Kier alpha value is -2.86. The Kier molecular flexibility index (Phi) is 6.08. The van der Waals surface area contributed by atoms with Crippen molar-refractivity contribution in [3.05, 3.63) is 54.1 Å². The second kappa shape index (κ2) is 8.68. The highest BCUT2D eigenvalue weighted by Gasteiger charge is 2.16. The predicted octanol–water partition coefficient (Wildman–Crippen LogP) is 2.69. The number of amides is 2. The Morgan fingerprint density at radius 3 is 2.41 bits per heavy atom. The van der Waals surface area contributed by atoms with Gasteiger partial charge in [0.2, 0.25) is 11.8 Å². The summed E-state index contributed by atoms with van der Waals surface area (Å²) in [6.07, 6.45) is 0.279. The van der Waals surface area contributed by atoms with E-state index in [1.807, 2.05) is 48.5 Å². The number of benzene rings is 2. The van der Waals surface area contributed by atoms with Crippen molar-refractivity contribution in [2.24, 2.45) is 0 Å². The fraction of sp³-hybridized carbons (Fsp3) is 0.333. The lowest BCUT2D eigenvalue weighted by molar-refractivity contribution is -0.116. The van der Waals surface area contributed by atoms with Gasteiger partial charge in [0, 0.05) is 32.7 Å². The van der Waals surface area contributed by atoms with Crippen molar-refractivity contribution in [3.63, 3.8) is 0 Å². The van der Waals surface area contributed by atoms with Gasteiger partial charge in [-0.25, -0.2) is 0 Å². The highest BCUT2D eigenvalue weighted by molar-refractivity contribution is 5.96. The van der Waals surface area contributed by atoms with Crippen LogP contribution in [-0.2, 0) is 20.7 Å². The largest absolute Gasteiger partial charge is 0.378 e. The normalized spacial score (nSPS) is 13.9. The van der Waals surface area contributed by atoms with E-state index in [9.17, 15) is 9.59 Å². The van der Waals surface area contributed by atoms with Crippen molar-refractivity contribution in [2.75, 3.05) is 48.5 Å². The van der Waals surface area contributed by atoms with Crippen molar-refractivity contribution in [1.82, 2.24) is 0 Å². The monoisotopic (exact) mass is 367 g/mol. The van der Waals surface area contributed by atoms with Crippen LogP contribution in [0.15, 0.2) is 48.5 Å². The van der Waals surface area contributed by atoms with Crippen LogP contribution in [-0.4, -0.2) is 45.2 Å². The quantitative estimate of drug-likeness (QED) is 0.883. The standard InChI is InChI=1S/C21H25N3O3/c1-16(25)23(2)18-9-7-17(8-10-18)15-21(26)22-19-5-3-4-6-20(19)24-11-13-27-14-12-24/h3-10H,11-15H2,1-2H3,(H,22,26). The first kappa shape index (κ1) is 18.9. The number of rotatable bonds is 5. The molecule has 6 heteroatoms. The summed E-state index contributed by atoms with van der Waals surface area (Å²) in [6.45, 7) is 4.55. The number of nitrogens with zero attached hydrogens (tertiary/aromatic N) is 2. The minimum Gasteiger partial charge on any atom is -0.378 e. The Labute approximate surface area is 159 Å². The highest BCUT2D eigenvalue weighted by atomic mass is 16.5. The molecule has 0 atom stereocenters. The summed E-state index contributed by atoms with van der Waals surface area (Å²) in [6, 6.07) is 15.3. The van der Waals surface area contributed by atoms with Crippen LogP contribution >= 0.6 is 0 Å². The van der Waals surface area contributed by atoms with Crippen LogP contribution in [0, 0.1) is 0 Å². The molecule has 2 aromatic rings. The van der Waals surface area contributed by atoms with E-state index >= 15 is 0 Å². The van der Waals surface area contributed by atoms with Crippen molar-refractivity contribution in [3.8, 4) is 0 Å². The van der Waals surface area contributed by atoms with E-state index in [-0.39, 0.29) is 18.2 Å². The smallest absolute Gasteiger partial charge is 0.228 e. The SMILES string of the molecule is CC(=O)N(C)c1ccc(CC(=O)Nc2ccccc2N2CCOCC2)cc1. The van der Waals surface area contributed by atoms with E-state index in [2.05, 4.69) is 10.2 Å². The minimum atomic E-state index is -0.0663. The van der Waals surface area contributed by atoms with Gasteiger partial charge in [0.05, 0.1) is 31.0 Å². The molecule has 0 spiro atoms. The van der Waals surface area contributed by atoms with Gasteiger partial charge in [-0.15, -0.1) is 0 Å². The topological polar surface area (TPSA) is 61.9 Å². The van der Waals surface area contributed by atoms with Gasteiger partial charge in [-0.1, -0.05) is 24.3 Å². The Morgan fingerprint density at radius 1 is 1.07 bits per heavy atom. The molecule has 2 aromatic carbocycles. The van der Waals surface area contributed by atoms with Crippen molar-refractivity contribution in [1.29, 1.82) is 0 Å². The van der Waals surface area contributed by atoms with Crippen LogP contribution in [0.5, 0.6) is 0 Å². The number of hydrogen-bond acceptors (Lipinski definition) is 4. The summed E-state index contributed by atoms with van der Waals surface area (Å²) in [7, 11) is 1.73. The first-order chi connectivity index (χ1) is 13.0. The molecule has 27 heavy (non-hydrogen) atoms. The molecule has 0 aliphatic carbocycles. The molecule has 3 rings (SSSR count). The molecular formula is C21H25N3O3. The lowest BCUT2D eigenvalue weighted by Crippen LogP contribution is -2.36. The number of carbonyl (C=O) groups excluding carboxylic acids is 2. The average Bonchev–Trinajstić information content (AvgIpc) is 2.69. The number of hydrogen-bond donors (Lipinski definition) is 1. The molecule has 2 amide bonds. The maximum atomic E-state index is 12.5. The van der Waals surface area contributed by atoms with E-state index in [4.69, 9.17) is 4.74 Å². The van der Waals surface area contributed by atoms with Crippen molar-refractivity contribution < 1.29 is 14.3 Å². The lowest BCUT2D eigenvalue weighted by atomic mass is 10.1. The van der Waals surface area contributed by atoms with Crippen LogP contribution in [0.1, 0.15) is 12.5 Å². The van der Waals surface area contributed by atoms with Crippen LogP contribution in [0.25, 0.3) is 0 Å². The van der Waals surface area contributed by atoms with Gasteiger partial charge in [0.1, 0.15) is 0 Å². The molecular weight excluding hydrogens is 342 g/mol. The van der Waals surface area contributed by atoms with Crippen LogP contribution < -0.4 is 15.1 Å². The number of morpholine rings is 1. The number of nitrogens with one attached hydrogen (secondary N) is 1. The fourth-order valence-electron chi connectivity index (χ4n) is 3.06. The van der Waals surface area contributed by atoms with E-state index in [1.54, 1.807) is 11.9 Å². The van der Waals surface area contributed by atoms with Gasteiger partial charge in [0.25, 0.3) is 0 Å². The van der Waals surface area contributed by atoms with Gasteiger partial charge >= 0.3 is 0 Å². The molecule has 1 aliphatic heterocycles. The third-order valence-electron chi connectivity index (χ3n) is 4.69. The summed E-state index contributed by atoms with van der Waals surface area (Å²) >= 11 is 0. The second-order valence-corrected chi connectivity index (χ2v) is 6.59. The molecule has 142 valence electrons. The third kappa shape index (κ3) is 4.86. The molecule has 1 fully saturated rings. The van der Waals surface area contributed by atoms with Crippen molar-refractivity contribution >= 4 is 28.9 Å². The molecule has 1 saturated heterocycles. The Morgan fingerprint density at radius 2 is 1.74 bits per heavy atom. The summed E-state index contributed by atoms with van der Waals surface area (Å²) in [5.41, 5.74) is 3.55. The highest BCUT2D eigenvalue weighted by Crippen LogP contribution is 2.26. The van der Waals surface area contributed by atoms with Gasteiger partial charge in [0.15, 0.2) is 0 Å². The second-order valence-electron chi connectivity index (χ2n) is 6.59. The number of carbonyl (C=O) groups is 2. The van der Waals surface area contributed by atoms with Crippen molar-refractivity contribution in [2.45, 2.75) is 13.3 Å². The maximum Gasteiger partial charge on any atom is 0.228 e. The van der Waals surface area contributed by atoms with Gasteiger partial charge in [-0.2, -0.15) is 0 Å². The zero-order valence-corrected chi connectivity index (χ0v) is 15.8. The molecule has 0 radical (unpaired) electrons. The average molecular weight is 367 g/mol. The molecule has 1 N–H and O–H groups in total. The van der Waals surface area contributed by atoms with E-state index in [0.717, 1.165) is 35.7 Å². The van der Waals surface area contributed by atoms with Gasteiger partial charge in [-0.05, 0) is 29.8 Å². The van der Waals surface area contributed by atoms with Gasteiger partial charge < -0.3 is 19.9 Å². The summed E-state index contributed by atoms with van der Waals surface area (Å²) < 4.78 is 5.41. The molecule has 1 aliphatic rings. The number of ether oxygens (including phenoxy) is 1. The molecule has 6 nitrogen and oxygen atoms in total. The van der Waals surface area contributed by atoms with E-state index in [1.165, 1.54) is 6.92 Å². The van der Waals surface area contributed by atoms with E-state index < -0.39 is 0 Å². The molecule has 0 aromatic heterocycles. The first-order valence-corrected chi connectivity index (χ1v) is 9.09. The summed E-state index contributed by atoms with van der Waals surface area (Å²) in [5, 5.41) is 3.03. The third-order valence-corrected chi connectivity index (χ3v) is 4.69. The molecule has 0 saturated carbocycles. The lowest BCUT2D eigenvalue weighted by Gasteiger charge is -2.30. The molecule has 1 heterocycles. The fourth-order valence-corrected chi connectivity index (χ4v) is 3.06. The van der Waals surface area contributed by atoms with E-state index in [0.29, 0.717) is 13.2 Å². The number of anilines is 3. The maximum absolute atomic E-state index is 12.5. The van der Waals surface area contributed by atoms with Crippen LogP contribution in [0.4, 0.5) is 17.1 Å². The molecule has 0 bridgehead atoms. The Balaban J connectivity index is 1.65.